The number of sulfonamides is 1. The van der Waals surface area contributed by atoms with Crippen LogP contribution < -0.4 is 10.5 Å². The Hall–Kier alpha value is -2.73. The fraction of sp³-hybridized carbons (Fsp3) is 0.468. The van der Waals surface area contributed by atoms with Gasteiger partial charge in [-0.1, -0.05) is 136 Å². The lowest BCUT2D eigenvalue weighted by molar-refractivity contribution is 0.0806. The molecule has 314 valence electrons. The highest BCUT2D eigenvalue weighted by atomic mass is 35.5. The molecule has 0 aliphatic heterocycles. The molecule has 4 aromatic carbocycles. The molecule has 3 N–H and O–H groups in total. The highest BCUT2D eigenvalue weighted by molar-refractivity contribution is 7.89. The summed E-state index contributed by atoms with van der Waals surface area (Å²) in [5.41, 5.74) is 10.1. The van der Waals surface area contributed by atoms with Crippen LogP contribution in [0.3, 0.4) is 0 Å². The molecular formula is C47H61Cl2N3O4S2. The van der Waals surface area contributed by atoms with Gasteiger partial charge in [0.1, 0.15) is 5.60 Å². The van der Waals surface area contributed by atoms with Gasteiger partial charge in [0.25, 0.3) is 11.6 Å². The molecular weight excluding hydrogens is 806 g/mol. The van der Waals surface area contributed by atoms with Crippen molar-refractivity contribution >= 4 is 50.6 Å². The van der Waals surface area contributed by atoms with Crippen LogP contribution in [0.25, 0.3) is 0 Å². The Bertz CT molecular complexity index is 2050. The minimum atomic E-state index is -3.92. The zero-order valence-electron chi connectivity index (χ0n) is 35.0. The van der Waals surface area contributed by atoms with Crippen molar-refractivity contribution in [1.29, 1.82) is 0 Å². The Morgan fingerprint density at radius 1 is 0.828 bits per heavy atom. The molecule has 0 bridgehead atoms. The Labute approximate surface area is 361 Å². The largest absolute Gasteiger partial charge is 0.559 e. The first-order chi connectivity index (χ1) is 27.4. The molecule has 0 aromatic heterocycles. The van der Waals surface area contributed by atoms with E-state index in [-0.39, 0.29) is 21.8 Å². The number of nitrogens with two attached hydrogens (primary N) is 1. The second kappa shape index (κ2) is 19.8. The molecule has 11 heteroatoms. The molecule has 0 saturated heterocycles. The van der Waals surface area contributed by atoms with E-state index in [9.17, 15) is 13.0 Å². The maximum Gasteiger partial charge on any atom is 0.271 e. The summed E-state index contributed by atoms with van der Waals surface area (Å²) in [4.78, 5) is 0.146. The molecule has 3 atom stereocenters. The van der Waals surface area contributed by atoms with Gasteiger partial charge in [-0.25, -0.2) is 13.1 Å². The lowest BCUT2D eigenvalue weighted by Crippen LogP contribution is -2.50. The van der Waals surface area contributed by atoms with Crippen LogP contribution in [0.2, 0.25) is 10.0 Å². The first-order valence-corrected chi connectivity index (χ1v) is 23.7. The molecule has 58 heavy (non-hydrogen) atoms. The van der Waals surface area contributed by atoms with E-state index in [4.69, 9.17) is 37.5 Å². The number of hydrogen-bond donors (Lipinski definition) is 2. The van der Waals surface area contributed by atoms with Crippen LogP contribution >= 0.6 is 23.2 Å². The minimum absolute atomic E-state index is 0.146. The van der Waals surface area contributed by atoms with Gasteiger partial charge < -0.3 is 10.3 Å². The molecule has 2 aliphatic carbocycles. The van der Waals surface area contributed by atoms with Gasteiger partial charge in [-0.15, -0.1) is 4.18 Å². The number of halogens is 2. The summed E-state index contributed by atoms with van der Waals surface area (Å²) in [6.45, 7) is 14.1. The Morgan fingerprint density at radius 3 is 1.83 bits per heavy atom. The highest BCUT2D eigenvalue weighted by Gasteiger charge is 2.47. The maximum atomic E-state index is 13.6. The molecule has 0 amide bonds. The van der Waals surface area contributed by atoms with E-state index in [0.29, 0.717) is 28.8 Å². The summed E-state index contributed by atoms with van der Waals surface area (Å²) in [6.07, 6.45) is 8.38. The van der Waals surface area contributed by atoms with Gasteiger partial charge in [-0.3, -0.25) is 0 Å². The van der Waals surface area contributed by atoms with Crippen molar-refractivity contribution in [2.45, 2.75) is 133 Å². The van der Waals surface area contributed by atoms with E-state index in [1.807, 2.05) is 73.7 Å². The zero-order valence-corrected chi connectivity index (χ0v) is 38.2. The second-order valence-corrected chi connectivity index (χ2v) is 20.9. The predicted octanol–water partition coefficient (Wildman–Crippen LogP) is 11.8. The van der Waals surface area contributed by atoms with Gasteiger partial charge in [-0.05, 0) is 129 Å². The number of aryl methyl sites for hydroxylation is 1. The minimum Gasteiger partial charge on any atom is -0.559 e. The predicted molar refractivity (Wildman–Crippen MR) is 242 cm³/mol. The van der Waals surface area contributed by atoms with Crippen LogP contribution in [0, 0.1) is 18.8 Å². The van der Waals surface area contributed by atoms with E-state index in [1.165, 1.54) is 24.8 Å². The van der Waals surface area contributed by atoms with E-state index >= 15 is 0 Å². The molecule has 2 aliphatic rings. The van der Waals surface area contributed by atoms with Crippen molar-refractivity contribution in [2.24, 2.45) is 22.0 Å². The van der Waals surface area contributed by atoms with E-state index in [0.717, 1.165) is 47.5 Å². The van der Waals surface area contributed by atoms with Gasteiger partial charge in [-0.2, -0.15) is 0 Å². The summed E-state index contributed by atoms with van der Waals surface area (Å²) < 4.78 is 54.1. The quantitative estimate of drug-likeness (QED) is 0.0859. The molecule has 2 fully saturated rings. The van der Waals surface area contributed by atoms with Crippen molar-refractivity contribution in [3.05, 3.63) is 135 Å². The fourth-order valence-corrected chi connectivity index (χ4v) is 10.8. The first-order valence-electron chi connectivity index (χ1n) is 20.5. The van der Waals surface area contributed by atoms with Crippen molar-refractivity contribution in [1.82, 2.24) is 4.72 Å². The lowest BCUT2D eigenvalue weighted by Gasteiger charge is -2.47. The molecule has 7 nitrogen and oxygen atoms in total. The number of nitrogens with zero attached hydrogens (tertiary/aromatic N) is 1. The van der Waals surface area contributed by atoms with E-state index in [2.05, 4.69) is 44.5 Å². The third kappa shape index (κ3) is 11.3. The van der Waals surface area contributed by atoms with Crippen LogP contribution in [0.5, 0.6) is 0 Å². The highest BCUT2D eigenvalue weighted by Crippen LogP contribution is 2.48. The van der Waals surface area contributed by atoms with Crippen molar-refractivity contribution in [2.75, 3.05) is 0 Å². The van der Waals surface area contributed by atoms with Gasteiger partial charge in [0.05, 0.1) is 16.6 Å². The normalized spacial score (nSPS) is 18.1. The topological polar surface area (TPSA) is 117 Å². The summed E-state index contributed by atoms with van der Waals surface area (Å²) in [6, 6.07) is 31.4. The Balaban J connectivity index is 0.000000313. The summed E-state index contributed by atoms with van der Waals surface area (Å²) in [7, 11) is -3.92. The molecule has 1 unspecified atom stereocenters. The van der Waals surface area contributed by atoms with Crippen LogP contribution in [-0.2, 0) is 36.7 Å². The Morgan fingerprint density at radius 2 is 1.36 bits per heavy atom. The average Bonchev–Trinajstić information content (AvgIpc) is 3.11. The average molecular weight is 867 g/mol. The van der Waals surface area contributed by atoms with Crippen LogP contribution in [0.15, 0.2) is 112 Å². The fourth-order valence-electron chi connectivity index (χ4n) is 8.23. The standard InChI is InChI=1S/C32H39ClN2O4S2.C15H22ClN/c1-23(2)22-29(32(20-9-21-32)26-14-16-27(33)17-15-26)34-40(36)39-31(4,5)30(25-10-7-6-8-11-25)35-41(37,38)28-18-12-24(3)13-19-28;1-11(2)10-14(17)15(8-3-9-15)12-4-6-13(16)7-5-12/h6-8,10-19,23,30,35H,9,20-22H2,1-5H3;4-7,11,14H,3,8-10,17H2,1-2H3/t30-,40?;14-/m11/s1. The first kappa shape index (κ1) is 46.3. The van der Waals surface area contributed by atoms with Crippen LogP contribution in [-0.4, -0.2) is 30.3 Å². The molecule has 0 radical (unpaired) electrons. The number of hydrogen-bond acceptors (Lipinski definition) is 6. The summed E-state index contributed by atoms with van der Waals surface area (Å²) in [5, 5.41) is 1.47. The van der Waals surface area contributed by atoms with Crippen molar-refractivity contribution in [3.63, 3.8) is 0 Å². The van der Waals surface area contributed by atoms with Crippen LogP contribution in [0.4, 0.5) is 0 Å². The van der Waals surface area contributed by atoms with Crippen LogP contribution in [0.1, 0.15) is 121 Å². The third-order valence-corrected chi connectivity index (χ3v) is 14.6. The monoisotopic (exact) mass is 865 g/mol. The van der Waals surface area contributed by atoms with Crippen molar-refractivity contribution < 1.29 is 17.2 Å². The number of rotatable bonds is 16. The maximum absolute atomic E-state index is 13.6. The summed E-state index contributed by atoms with van der Waals surface area (Å²) in [5.74, 6) is 0.955. The van der Waals surface area contributed by atoms with E-state index in [1.54, 1.807) is 38.1 Å². The van der Waals surface area contributed by atoms with Gasteiger partial charge in [0, 0.05) is 26.9 Å². The number of nitrogens with one attached hydrogen (secondary N) is 1. The molecule has 2 saturated carbocycles. The Kier molecular flexibility index (Phi) is 15.8. The molecule has 6 rings (SSSR count). The van der Waals surface area contributed by atoms with Crippen molar-refractivity contribution in [3.8, 4) is 0 Å². The third-order valence-electron chi connectivity index (χ3n) is 11.8. The van der Waals surface area contributed by atoms with Gasteiger partial charge in [0.15, 0.2) is 0 Å². The SMILES string of the molecule is CC(C)C[C@@H](N)C1(c2ccc(Cl)cc2)CCC1.Cc1ccc(S(=O)(=O)N[C@H](c2ccccc2)C(C)(C)O[S+]([O-])N=C(CC(C)C)C2(c3ccc(Cl)cc3)CCC2)cc1. The smallest absolute Gasteiger partial charge is 0.271 e. The van der Waals surface area contributed by atoms with Gasteiger partial charge >= 0.3 is 0 Å². The molecule has 0 heterocycles. The second-order valence-electron chi connectivity index (χ2n) is 17.5. The molecule has 4 aromatic rings. The van der Waals surface area contributed by atoms with E-state index < -0.39 is 33.3 Å². The lowest BCUT2D eigenvalue weighted by atomic mass is 9.59. The number of benzene rings is 4. The van der Waals surface area contributed by atoms with Gasteiger partial charge in [0.2, 0.25) is 10.0 Å². The molecule has 0 spiro atoms. The zero-order chi connectivity index (χ0) is 42.3. The summed E-state index contributed by atoms with van der Waals surface area (Å²) >= 11 is 10.1.